The summed E-state index contributed by atoms with van der Waals surface area (Å²) in [6.07, 6.45) is 4.05. The van der Waals surface area contributed by atoms with Gasteiger partial charge in [-0.1, -0.05) is 38.5 Å². The molecule has 3 aromatic rings. The quantitative estimate of drug-likeness (QED) is 0.432. The molecule has 0 saturated carbocycles. The molecule has 1 N–H and O–H groups in total. The second-order valence-corrected chi connectivity index (χ2v) is 8.52. The van der Waals surface area contributed by atoms with Gasteiger partial charge in [-0.15, -0.1) is 0 Å². The topological polar surface area (TPSA) is 56.1 Å². The molecule has 0 aliphatic carbocycles. The van der Waals surface area contributed by atoms with Crippen molar-refractivity contribution >= 4 is 16.9 Å². The summed E-state index contributed by atoms with van der Waals surface area (Å²) in [6, 6.07) is 14.5. The number of rotatable bonds is 11. The van der Waals surface area contributed by atoms with Gasteiger partial charge in [0.2, 0.25) is 5.91 Å². The summed E-state index contributed by atoms with van der Waals surface area (Å²) < 4.78 is 8.32. The number of para-hydroxylation sites is 2. The van der Waals surface area contributed by atoms with Gasteiger partial charge in [-0.25, -0.2) is 4.98 Å². The van der Waals surface area contributed by atoms with E-state index in [0.717, 1.165) is 61.4 Å². The lowest BCUT2D eigenvalue weighted by atomic mass is 10.1. The first-order valence-corrected chi connectivity index (χ1v) is 11.4. The molecule has 0 saturated heterocycles. The van der Waals surface area contributed by atoms with Gasteiger partial charge in [-0.3, -0.25) is 4.79 Å². The Bertz CT molecular complexity index is 1010. The fourth-order valence-corrected chi connectivity index (χ4v) is 3.62. The van der Waals surface area contributed by atoms with Crippen LogP contribution in [0.2, 0.25) is 0 Å². The van der Waals surface area contributed by atoms with Crippen LogP contribution in [0.25, 0.3) is 11.0 Å². The average molecular weight is 422 g/mol. The zero-order valence-corrected chi connectivity index (χ0v) is 19.3. The van der Waals surface area contributed by atoms with Crippen molar-refractivity contribution in [2.24, 2.45) is 5.92 Å². The predicted octanol–water partition coefficient (Wildman–Crippen LogP) is 5.22. The van der Waals surface area contributed by atoms with Crippen LogP contribution in [-0.4, -0.2) is 28.6 Å². The molecule has 0 atom stereocenters. The van der Waals surface area contributed by atoms with Crippen LogP contribution < -0.4 is 10.1 Å². The highest BCUT2D eigenvalue weighted by molar-refractivity contribution is 5.77. The third-order valence-electron chi connectivity index (χ3n) is 5.70. The van der Waals surface area contributed by atoms with Crippen LogP contribution in [0.1, 0.15) is 50.1 Å². The number of benzene rings is 2. The summed E-state index contributed by atoms with van der Waals surface area (Å²) in [7, 11) is 0. The summed E-state index contributed by atoms with van der Waals surface area (Å²) in [4.78, 5) is 16.5. The number of hydrogen-bond donors (Lipinski definition) is 1. The van der Waals surface area contributed by atoms with E-state index in [0.29, 0.717) is 6.61 Å². The van der Waals surface area contributed by atoms with Gasteiger partial charge in [0.15, 0.2) is 0 Å². The van der Waals surface area contributed by atoms with Crippen LogP contribution in [0.5, 0.6) is 5.75 Å². The van der Waals surface area contributed by atoms with E-state index in [1.807, 2.05) is 26.0 Å². The number of nitrogens with zero attached hydrogens (tertiary/aromatic N) is 2. The fourth-order valence-electron chi connectivity index (χ4n) is 3.62. The van der Waals surface area contributed by atoms with E-state index >= 15 is 0 Å². The van der Waals surface area contributed by atoms with Crippen molar-refractivity contribution < 1.29 is 9.53 Å². The summed E-state index contributed by atoms with van der Waals surface area (Å²) >= 11 is 0. The number of nitrogens with one attached hydrogen (secondary N) is 1. The van der Waals surface area contributed by atoms with Crippen molar-refractivity contribution in [2.45, 2.75) is 59.9 Å². The minimum atomic E-state index is 0.0472. The van der Waals surface area contributed by atoms with E-state index < -0.39 is 0 Å². The fraction of sp³-hybridized carbons (Fsp3) is 0.462. The molecule has 0 bridgehead atoms. The summed E-state index contributed by atoms with van der Waals surface area (Å²) in [6.45, 7) is 10.2. The Labute approximate surface area is 185 Å². The van der Waals surface area contributed by atoms with E-state index in [4.69, 9.17) is 9.72 Å². The largest absolute Gasteiger partial charge is 0.492 e. The van der Waals surface area contributed by atoms with E-state index in [1.54, 1.807) is 0 Å². The molecule has 166 valence electrons. The lowest BCUT2D eigenvalue weighted by Gasteiger charge is -2.12. The number of imidazole rings is 1. The van der Waals surface area contributed by atoms with Gasteiger partial charge in [-0.05, 0) is 62.1 Å². The van der Waals surface area contributed by atoms with Gasteiger partial charge in [0.25, 0.3) is 0 Å². The van der Waals surface area contributed by atoms with Crippen molar-refractivity contribution in [2.75, 3.05) is 13.2 Å². The SMILES string of the molecule is Cc1ccc(OCCn2c(CCCCCNC(=O)C(C)C)nc3ccccc32)cc1C. The van der Waals surface area contributed by atoms with Crippen LogP contribution in [0, 0.1) is 19.8 Å². The van der Waals surface area contributed by atoms with Gasteiger partial charge < -0.3 is 14.6 Å². The van der Waals surface area contributed by atoms with E-state index in [1.165, 1.54) is 11.1 Å². The number of carbonyl (C=O) groups excluding carboxylic acids is 1. The zero-order chi connectivity index (χ0) is 22.2. The number of ether oxygens (including phenoxy) is 1. The third kappa shape index (κ3) is 6.33. The Morgan fingerprint density at radius 3 is 2.65 bits per heavy atom. The molecule has 0 aliphatic heterocycles. The van der Waals surface area contributed by atoms with Crippen LogP contribution >= 0.6 is 0 Å². The maximum atomic E-state index is 11.6. The predicted molar refractivity (Wildman–Crippen MR) is 127 cm³/mol. The number of hydrogen-bond acceptors (Lipinski definition) is 3. The molecule has 0 fully saturated rings. The molecule has 1 amide bonds. The Morgan fingerprint density at radius 1 is 1.06 bits per heavy atom. The molecule has 2 aromatic carbocycles. The maximum Gasteiger partial charge on any atom is 0.222 e. The first-order chi connectivity index (χ1) is 15.0. The maximum absolute atomic E-state index is 11.6. The number of fused-ring (bicyclic) bond motifs is 1. The Balaban J connectivity index is 1.55. The lowest BCUT2D eigenvalue weighted by molar-refractivity contribution is -0.123. The molecular formula is C26H35N3O2. The molecule has 3 rings (SSSR count). The number of aromatic nitrogens is 2. The van der Waals surface area contributed by atoms with Gasteiger partial charge in [0.1, 0.15) is 18.2 Å². The average Bonchev–Trinajstić information content (AvgIpc) is 3.10. The summed E-state index contributed by atoms with van der Waals surface area (Å²) in [5.41, 5.74) is 4.72. The van der Waals surface area contributed by atoms with Gasteiger partial charge >= 0.3 is 0 Å². The molecule has 0 unspecified atom stereocenters. The number of aryl methyl sites for hydroxylation is 3. The third-order valence-corrected chi connectivity index (χ3v) is 5.70. The van der Waals surface area contributed by atoms with Crippen LogP contribution in [0.4, 0.5) is 0 Å². The van der Waals surface area contributed by atoms with Crippen molar-refractivity contribution in [1.29, 1.82) is 0 Å². The highest BCUT2D eigenvalue weighted by atomic mass is 16.5. The van der Waals surface area contributed by atoms with Crippen LogP contribution in [-0.2, 0) is 17.8 Å². The molecular weight excluding hydrogens is 386 g/mol. The molecule has 5 nitrogen and oxygen atoms in total. The first kappa shape index (κ1) is 22.9. The normalized spacial score (nSPS) is 11.3. The van der Waals surface area contributed by atoms with Crippen molar-refractivity contribution in [3.63, 3.8) is 0 Å². The Morgan fingerprint density at radius 2 is 1.87 bits per heavy atom. The molecule has 5 heteroatoms. The summed E-state index contributed by atoms with van der Waals surface area (Å²) in [5, 5.41) is 2.99. The second kappa shape index (κ2) is 11.0. The summed E-state index contributed by atoms with van der Waals surface area (Å²) in [5.74, 6) is 2.20. The number of unbranched alkanes of at least 4 members (excludes halogenated alkanes) is 2. The zero-order valence-electron chi connectivity index (χ0n) is 19.3. The van der Waals surface area contributed by atoms with E-state index in [9.17, 15) is 4.79 Å². The first-order valence-electron chi connectivity index (χ1n) is 11.4. The van der Waals surface area contributed by atoms with Crippen LogP contribution in [0.3, 0.4) is 0 Å². The Hall–Kier alpha value is -2.82. The van der Waals surface area contributed by atoms with Gasteiger partial charge in [0.05, 0.1) is 17.6 Å². The minimum Gasteiger partial charge on any atom is -0.492 e. The van der Waals surface area contributed by atoms with E-state index in [-0.39, 0.29) is 11.8 Å². The molecule has 0 spiro atoms. The minimum absolute atomic E-state index is 0.0472. The Kier molecular flexibility index (Phi) is 8.10. The second-order valence-electron chi connectivity index (χ2n) is 8.52. The monoisotopic (exact) mass is 421 g/mol. The highest BCUT2D eigenvalue weighted by Gasteiger charge is 2.11. The van der Waals surface area contributed by atoms with Crippen molar-refractivity contribution in [3.05, 3.63) is 59.4 Å². The number of amides is 1. The molecule has 1 heterocycles. The van der Waals surface area contributed by atoms with Crippen molar-refractivity contribution in [3.8, 4) is 5.75 Å². The smallest absolute Gasteiger partial charge is 0.222 e. The molecule has 0 radical (unpaired) electrons. The van der Waals surface area contributed by atoms with Gasteiger partial charge in [-0.2, -0.15) is 0 Å². The highest BCUT2D eigenvalue weighted by Crippen LogP contribution is 2.19. The number of carbonyl (C=O) groups is 1. The molecule has 31 heavy (non-hydrogen) atoms. The molecule has 1 aromatic heterocycles. The molecule has 0 aliphatic rings. The lowest BCUT2D eigenvalue weighted by Crippen LogP contribution is -2.28. The standard InChI is InChI=1S/C26H35N3O2/c1-19(2)26(30)27-15-9-5-6-12-25-28-23-10-7-8-11-24(23)29(25)16-17-31-22-14-13-20(3)21(4)18-22/h7-8,10-11,13-14,18-19H,5-6,9,12,15-17H2,1-4H3,(H,27,30). The van der Waals surface area contributed by atoms with E-state index in [2.05, 4.69) is 54.1 Å². The van der Waals surface area contributed by atoms with Crippen molar-refractivity contribution in [1.82, 2.24) is 14.9 Å². The van der Waals surface area contributed by atoms with Gasteiger partial charge in [0, 0.05) is 18.9 Å². The van der Waals surface area contributed by atoms with Crippen LogP contribution in [0.15, 0.2) is 42.5 Å².